The van der Waals surface area contributed by atoms with Gasteiger partial charge in [-0.15, -0.1) is 0 Å². The van der Waals surface area contributed by atoms with Crippen LogP contribution in [0.5, 0.6) is 0 Å². The largest absolute Gasteiger partial charge is 0.475 e. The summed E-state index contributed by atoms with van der Waals surface area (Å²) in [7, 11) is 0. The zero-order chi connectivity index (χ0) is 13.4. The van der Waals surface area contributed by atoms with Gasteiger partial charge in [0.2, 0.25) is 5.89 Å². The van der Waals surface area contributed by atoms with Gasteiger partial charge in [0, 0.05) is 11.7 Å². The molecule has 3 rings (SSSR count). The molecule has 0 aliphatic rings. The summed E-state index contributed by atoms with van der Waals surface area (Å²) in [6.07, 6.45) is 1.91. The Kier molecular flexibility index (Phi) is 2.56. The third kappa shape index (κ3) is 2.08. The van der Waals surface area contributed by atoms with Gasteiger partial charge < -0.3 is 14.2 Å². The first kappa shape index (κ1) is 11.5. The van der Waals surface area contributed by atoms with E-state index in [1.54, 1.807) is 0 Å². The van der Waals surface area contributed by atoms with Crippen molar-refractivity contribution in [3.05, 3.63) is 47.7 Å². The Morgan fingerprint density at radius 1 is 1.42 bits per heavy atom. The van der Waals surface area contributed by atoms with Crippen LogP contribution in [0.2, 0.25) is 0 Å². The number of aromatic carboxylic acids is 1. The average Bonchev–Trinajstić information content (AvgIpc) is 2.97. The standard InChI is InChI=1S/C13H11N3O3/c1-8-2-3-10-9(6-8)4-5-16(10)7-11-14-12(13(17)18)15-19-11/h2-6H,7H2,1H3,(H,17,18). The van der Waals surface area contributed by atoms with Crippen LogP contribution in [0.25, 0.3) is 10.9 Å². The summed E-state index contributed by atoms with van der Waals surface area (Å²) in [5.41, 5.74) is 2.23. The molecule has 0 spiro atoms. The van der Waals surface area contributed by atoms with E-state index in [9.17, 15) is 4.79 Å². The van der Waals surface area contributed by atoms with Gasteiger partial charge in [-0.05, 0) is 35.7 Å². The van der Waals surface area contributed by atoms with Gasteiger partial charge in [0.1, 0.15) is 6.54 Å². The first-order chi connectivity index (χ1) is 9.13. The first-order valence-corrected chi connectivity index (χ1v) is 5.75. The Hall–Kier alpha value is -2.63. The van der Waals surface area contributed by atoms with Crippen LogP contribution in [0.4, 0.5) is 0 Å². The normalized spacial score (nSPS) is 11.0. The van der Waals surface area contributed by atoms with Gasteiger partial charge in [0.05, 0.1) is 0 Å². The van der Waals surface area contributed by atoms with E-state index in [4.69, 9.17) is 9.63 Å². The molecule has 0 saturated carbocycles. The highest BCUT2D eigenvalue weighted by atomic mass is 16.5. The molecule has 3 aromatic rings. The Balaban J connectivity index is 1.94. The maximum absolute atomic E-state index is 10.7. The van der Waals surface area contributed by atoms with Crippen molar-refractivity contribution in [2.45, 2.75) is 13.5 Å². The van der Waals surface area contributed by atoms with Crippen LogP contribution >= 0.6 is 0 Å². The Labute approximate surface area is 108 Å². The molecule has 0 unspecified atom stereocenters. The van der Waals surface area contributed by atoms with E-state index in [0.717, 1.165) is 10.9 Å². The highest BCUT2D eigenvalue weighted by Gasteiger charge is 2.13. The van der Waals surface area contributed by atoms with Crippen LogP contribution in [-0.4, -0.2) is 25.8 Å². The molecule has 19 heavy (non-hydrogen) atoms. The van der Waals surface area contributed by atoms with Gasteiger partial charge in [0.15, 0.2) is 0 Å². The zero-order valence-corrected chi connectivity index (χ0v) is 10.2. The smallest absolute Gasteiger partial charge is 0.377 e. The van der Waals surface area contributed by atoms with Crippen LogP contribution in [0.3, 0.4) is 0 Å². The van der Waals surface area contributed by atoms with Crippen molar-refractivity contribution in [3.63, 3.8) is 0 Å². The maximum atomic E-state index is 10.7. The SMILES string of the molecule is Cc1ccc2c(ccn2Cc2nc(C(=O)O)no2)c1. The van der Waals surface area contributed by atoms with E-state index < -0.39 is 5.97 Å². The van der Waals surface area contributed by atoms with Gasteiger partial charge in [-0.25, -0.2) is 4.79 Å². The fraction of sp³-hybridized carbons (Fsp3) is 0.154. The number of rotatable bonds is 3. The number of hydrogen-bond donors (Lipinski definition) is 1. The number of nitrogens with zero attached hydrogens (tertiary/aromatic N) is 3. The molecule has 6 nitrogen and oxygen atoms in total. The topological polar surface area (TPSA) is 81.2 Å². The molecule has 1 aromatic carbocycles. The molecule has 0 aliphatic carbocycles. The van der Waals surface area contributed by atoms with Crippen molar-refractivity contribution < 1.29 is 14.4 Å². The molecule has 0 saturated heterocycles. The van der Waals surface area contributed by atoms with E-state index >= 15 is 0 Å². The van der Waals surface area contributed by atoms with Crippen LogP contribution in [-0.2, 0) is 6.54 Å². The van der Waals surface area contributed by atoms with E-state index in [0.29, 0.717) is 6.54 Å². The molecule has 0 amide bonds. The number of carboxylic acid groups (broad SMARTS) is 1. The molecule has 6 heteroatoms. The number of aryl methyl sites for hydroxylation is 1. The van der Waals surface area contributed by atoms with Crippen molar-refractivity contribution in [3.8, 4) is 0 Å². The summed E-state index contributed by atoms with van der Waals surface area (Å²) in [5, 5.41) is 13.2. The van der Waals surface area contributed by atoms with Gasteiger partial charge >= 0.3 is 5.97 Å². The summed E-state index contributed by atoms with van der Waals surface area (Å²) >= 11 is 0. The molecule has 96 valence electrons. The lowest BCUT2D eigenvalue weighted by Crippen LogP contribution is -2.01. The number of fused-ring (bicyclic) bond motifs is 1. The predicted octanol–water partition coefficient (Wildman–Crippen LogP) is 2.08. The van der Waals surface area contributed by atoms with Crippen molar-refractivity contribution >= 4 is 16.9 Å². The summed E-state index contributed by atoms with van der Waals surface area (Å²) in [5.74, 6) is -1.24. The zero-order valence-electron chi connectivity index (χ0n) is 10.2. The lowest BCUT2D eigenvalue weighted by molar-refractivity contribution is 0.0680. The quantitative estimate of drug-likeness (QED) is 0.776. The van der Waals surface area contributed by atoms with Gasteiger partial charge in [-0.1, -0.05) is 11.6 Å². The van der Waals surface area contributed by atoms with Gasteiger partial charge in [0.25, 0.3) is 5.82 Å². The number of hydrogen-bond acceptors (Lipinski definition) is 4. The second-order valence-corrected chi connectivity index (χ2v) is 4.32. The summed E-state index contributed by atoms with van der Waals surface area (Å²) in [6.45, 7) is 2.39. The Morgan fingerprint density at radius 3 is 3.00 bits per heavy atom. The molecular weight excluding hydrogens is 246 g/mol. The lowest BCUT2D eigenvalue weighted by atomic mass is 10.2. The molecule has 0 radical (unpaired) electrons. The summed E-state index contributed by atoms with van der Waals surface area (Å²) < 4.78 is 6.85. The van der Waals surface area contributed by atoms with Crippen LogP contribution < -0.4 is 0 Å². The van der Waals surface area contributed by atoms with E-state index in [1.165, 1.54) is 5.56 Å². The van der Waals surface area contributed by atoms with Crippen LogP contribution in [0.15, 0.2) is 35.0 Å². The van der Waals surface area contributed by atoms with E-state index in [-0.39, 0.29) is 11.7 Å². The van der Waals surface area contributed by atoms with Crippen LogP contribution in [0.1, 0.15) is 22.1 Å². The molecule has 0 aliphatic heterocycles. The highest BCUT2D eigenvalue weighted by Crippen LogP contribution is 2.18. The predicted molar refractivity (Wildman–Crippen MR) is 67.0 cm³/mol. The number of aromatic nitrogens is 3. The fourth-order valence-electron chi connectivity index (χ4n) is 2.01. The van der Waals surface area contributed by atoms with Crippen LogP contribution in [0, 0.1) is 6.92 Å². The second kappa shape index (κ2) is 4.24. The Morgan fingerprint density at radius 2 is 2.26 bits per heavy atom. The third-order valence-electron chi connectivity index (χ3n) is 2.89. The molecule has 2 heterocycles. The van der Waals surface area contributed by atoms with Gasteiger partial charge in [-0.3, -0.25) is 0 Å². The second-order valence-electron chi connectivity index (χ2n) is 4.32. The van der Waals surface area contributed by atoms with Crippen molar-refractivity contribution in [1.29, 1.82) is 0 Å². The highest BCUT2D eigenvalue weighted by molar-refractivity contribution is 5.83. The average molecular weight is 257 g/mol. The maximum Gasteiger partial charge on any atom is 0.377 e. The minimum Gasteiger partial charge on any atom is -0.475 e. The van der Waals surface area contributed by atoms with Crippen molar-refractivity contribution in [1.82, 2.24) is 14.7 Å². The third-order valence-corrected chi connectivity index (χ3v) is 2.89. The molecular formula is C13H11N3O3. The monoisotopic (exact) mass is 257 g/mol. The van der Waals surface area contributed by atoms with Crippen molar-refractivity contribution in [2.24, 2.45) is 0 Å². The molecule has 1 N–H and O–H groups in total. The minimum absolute atomic E-state index is 0.274. The Bertz CT molecular complexity index is 757. The van der Waals surface area contributed by atoms with Crippen molar-refractivity contribution in [2.75, 3.05) is 0 Å². The number of carboxylic acids is 1. The van der Waals surface area contributed by atoms with E-state index in [2.05, 4.69) is 16.2 Å². The lowest BCUT2D eigenvalue weighted by Gasteiger charge is -2.01. The fourth-order valence-corrected chi connectivity index (χ4v) is 2.01. The number of benzene rings is 1. The first-order valence-electron chi connectivity index (χ1n) is 5.75. The molecule has 2 aromatic heterocycles. The minimum atomic E-state index is -1.19. The van der Waals surface area contributed by atoms with Gasteiger partial charge in [-0.2, -0.15) is 4.98 Å². The molecule has 0 fully saturated rings. The number of carbonyl (C=O) groups is 1. The summed E-state index contributed by atoms with van der Waals surface area (Å²) in [6, 6.07) is 8.12. The molecule has 0 bridgehead atoms. The molecule has 0 atom stereocenters. The van der Waals surface area contributed by atoms with E-state index in [1.807, 2.05) is 35.9 Å². The summed E-state index contributed by atoms with van der Waals surface area (Å²) in [4.78, 5) is 14.5.